The van der Waals surface area contributed by atoms with E-state index in [1.165, 1.54) is 18.9 Å². The molecule has 2 rings (SSSR count). The molecule has 7 heteroatoms. The number of nitrogens with one attached hydrogen (secondary N) is 2. The van der Waals surface area contributed by atoms with Crippen molar-refractivity contribution in [2.24, 2.45) is 5.92 Å². The van der Waals surface area contributed by atoms with Crippen molar-refractivity contribution in [3.63, 3.8) is 0 Å². The zero-order chi connectivity index (χ0) is 13.2. The van der Waals surface area contributed by atoms with Crippen LogP contribution in [0.5, 0.6) is 0 Å². The third kappa shape index (κ3) is 2.95. The van der Waals surface area contributed by atoms with E-state index in [9.17, 15) is 8.42 Å². The lowest BCUT2D eigenvalue weighted by atomic mass is 9.78. The summed E-state index contributed by atoms with van der Waals surface area (Å²) in [6.07, 6.45) is 6.66. The lowest BCUT2D eigenvalue weighted by Gasteiger charge is -2.39. The number of hydrogen-bond donors (Lipinski definition) is 2. The van der Waals surface area contributed by atoms with Crippen LogP contribution in [-0.4, -0.2) is 29.3 Å². The minimum absolute atomic E-state index is 0.126. The number of nitrogens with zero attached hydrogens (tertiary/aromatic N) is 1. The molecule has 1 aliphatic rings. The van der Waals surface area contributed by atoms with E-state index in [-0.39, 0.29) is 10.6 Å². The summed E-state index contributed by atoms with van der Waals surface area (Å²) in [5.41, 5.74) is -0.373. The van der Waals surface area contributed by atoms with Gasteiger partial charge in [0, 0.05) is 10.9 Å². The summed E-state index contributed by atoms with van der Waals surface area (Å²) in [6, 6.07) is 0. The van der Waals surface area contributed by atoms with Gasteiger partial charge >= 0.3 is 0 Å². The number of alkyl halides is 1. The van der Waals surface area contributed by atoms with Gasteiger partial charge in [-0.1, -0.05) is 35.7 Å². The van der Waals surface area contributed by atoms with Crippen molar-refractivity contribution in [1.29, 1.82) is 0 Å². The van der Waals surface area contributed by atoms with Gasteiger partial charge in [-0.2, -0.15) is 0 Å². The minimum Gasteiger partial charge on any atom is -0.335 e. The van der Waals surface area contributed by atoms with Crippen LogP contribution in [-0.2, 0) is 10.0 Å². The molecule has 0 aromatic carbocycles. The van der Waals surface area contributed by atoms with Crippen molar-refractivity contribution in [2.45, 2.75) is 43.2 Å². The number of imidazole rings is 1. The van der Waals surface area contributed by atoms with Gasteiger partial charge in [-0.05, 0) is 18.8 Å². The molecule has 2 atom stereocenters. The fraction of sp³-hybridized carbons (Fsp3) is 0.727. The summed E-state index contributed by atoms with van der Waals surface area (Å²) in [7, 11) is -3.51. The maximum absolute atomic E-state index is 12.2. The quantitative estimate of drug-likeness (QED) is 0.826. The number of rotatable bonds is 4. The molecule has 1 fully saturated rings. The number of halogens is 1. The molecule has 0 spiro atoms. The minimum atomic E-state index is -3.51. The van der Waals surface area contributed by atoms with Crippen molar-refractivity contribution in [3.8, 4) is 0 Å². The first kappa shape index (κ1) is 14.0. The van der Waals surface area contributed by atoms with E-state index in [0.29, 0.717) is 11.2 Å². The molecular weight excluding hydrogens is 318 g/mol. The van der Waals surface area contributed by atoms with E-state index < -0.39 is 10.0 Å². The van der Waals surface area contributed by atoms with Gasteiger partial charge in [0.1, 0.15) is 0 Å². The van der Waals surface area contributed by atoms with Crippen LogP contribution in [0.25, 0.3) is 0 Å². The SMILES string of the molecule is CC1CCCC(CBr)(NS(=O)(=O)c2cnc[nH]2)C1. The maximum Gasteiger partial charge on any atom is 0.258 e. The van der Waals surface area contributed by atoms with E-state index in [4.69, 9.17) is 0 Å². The standard InChI is InChI=1S/C11H18BrN3O2S/c1-9-3-2-4-11(5-9,7-12)15-18(16,17)10-6-13-8-14-10/h6,8-9,15H,2-5,7H2,1H3,(H,13,14). The summed E-state index contributed by atoms with van der Waals surface area (Å²) in [4.78, 5) is 6.40. The Kier molecular flexibility index (Phi) is 4.13. The number of aromatic nitrogens is 2. The van der Waals surface area contributed by atoms with Crippen LogP contribution in [0.1, 0.15) is 32.6 Å². The van der Waals surface area contributed by atoms with Crippen molar-refractivity contribution in [2.75, 3.05) is 5.33 Å². The summed E-state index contributed by atoms with van der Waals surface area (Å²) in [5.74, 6) is 0.542. The highest BCUT2D eigenvalue weighted by Crippen LogP contribution is 2.34. The molecule has 1 aromatic rings. The highest BCUT2D eigenvalue weighted by molar-refractivity contribution is 9.09. The third-order valence-electron chi connectivity index (χ3n) is 3.46. The van der Waals surface area contributed by atoms with Crippen molar-refractivity contribution < 1.29 is 8.42 Å². The molecule has 0 amide bonds. The number of sulfonamides is 1. The molecule has 1 saturated carbocycles. The van der Waals surface area contributed by atoms with Crippen LogP contribution in [0.3, 0.4) is 0 Å². The molecule has 102 valence electrons. The second-order valence-electron chi connectivity index (χ2n) is 5.14. The molecule has 18 heavy (non-hydrogen) atoms. The average molecular weight is 336 g/mol. The van der Waals surface area contributed by atoms with Crippen LogP contribution in [0.2, 0.25) is 0 Å². The molecule has 1 aromatic heterocycles. The largest absolute Gasteiger partial charge is 0.335 e. The highest BCUT2D eigenvalue weighted by Gasteiger charge is 2.38. The maximum atomic E-state index is 12.2. The first-order chi connectivity index (χ1) is 8.47. The molecule has 2 N–H and O–H groups in total. The van der Waals surface area contributed by atoms with Gasteiger partial charge < -0.3 is 4.98 Å². The molecule has 2 unspecified atom stereocenters. The Bertz CT molecular complexity index is 488. The summed E-state index contributed by atoms with van der Waals surface area (Å²) >= 11 is 3.46. The molecule has 0 bridgehead atoms. The van der Waals surface area contributed by atoms with Gasteiger partial charge in [0.05, 0.1) is 12.5 Å². The van der Waals surface area contributed by atoms with Crippen LogP contribution >= 0.6 is 15.9 Å². The lowest BCUT2D eigenvalue weighted by molar-refractivity contribution is 0.241. The van der Waals surface area contributed by atoms with Gasteiger partial charge in [0.15, 0.2) is 5.03 Å². The van der Waals surface area contributed by atoms with E-state index in [1.807, 2.05) is 0 Å². The Balaban J connectivity index is 2.20. The average Bonchev–Trinajstić information content (AvgIpc) is 2.82. The molecule has 0 radical (unpaired) electrons. The molecule has 0 saturated heterocycles. The summed E-state index contributed by atoms with van der Waals surface area (Å²) in [5, 5.41) is 0.763. The predicted octanol–water partition coefficient (Wildman–Crippen LogP) is 2.03. The summed E-state index contributed by atoms with van der Waals surface area (Å²) < 4.78 is 27.3. The van der Waals surface area contributed by atoms with Gasteiger partial charge in [-0.15, -0.1) is 0 Å². The van der Waals surface area contributed by atoms with Crippen LogP contribution < -0.4 is 4.72 Å². The Labute approximate surface area is 116 Å². The lowest BCUT2D eigenvalue weighted by Crippen LogP contribution is -2.52. The van der Waals surface area contributed by atoms with Crippen molar-refractivity contribution in [1.82, 2.24) is 14.7 Å². The fourth-order valence-corrected chi connectivity index (χ4v) is 4.81. The summed E-state index contributed by atoms with van der Waals surface area (Å²) in [6.45, 7) is 2.17. The van der Waals surface area contributed by atoms with Crippen molar-refractivity contribution in [3.05, 3.63) is 12.5 Å². The van der Waals surface area contributed by atoms with Gasteiger partial charge in [0.2, 0.25) is 0 Å². The second kappa shape index (κ2) is 5.30. The molecule has 1 heterocycles. The van der Waals surface area contributed by atoms with Gasteiger partial charge in [0.25, 0.3) is 10.0 Å². The monoisotopic (exact) mass is 335 g/mol. The molecule has 5 nitrogen and oxygen atoms in total. The number of hydrogen-bond acceptors (Lipinski definition) is 3. The smallest absolute Gasteiger partial charge is 0.258 e. The Morgan fingerprint density at radius 2 is 2.44 bits per heavy atom. The van der Waals surface area contributed by atoms with Crippen molar-refractivity contribution >= 4 is 26.0 Å². The van der Waals surface area contributed by atoms with E-state index >= 15 is 0 Å². The second-order valence-corrected chi connectivity index (χ2v) is 7.35. The van der Waals surface area contributed by atoms with Crippen LogP contribution in [0.15, 0.2) is 17.6 Å². The van der Waals surface area contributed by atoms with Crippen LogP contribution in [0.4, 0.5) is 0 Å². The Morgan fingerprint density at radius 3 is 3.00 bits per heavy atom. The van der Waals surface area contributed by atoms with Crippen LogP contribution in [0, 0.1) is 5.92 Å². The zero-order valence-electron chi connectivity index (χ0n) is 10.3. The molecule has 0 aliphatic heterocycles. The number of H-pyrrole nitrogens is 1. The Morgan fingerprint density at radius 1 is 1.67 bits per heavy atom. The molecule has 1 aliphatic carbocycles. The first-order valence-electron chi connectivity index (χ1n) is 6.06. The van der Waals surface area contributed by atoms with Gasteiger partial charge in [-0.3, -0.25) is 0 Å². The normalized spacial score (nSPS) is 29.3. The fourth-order valence-electron chi connectivity index (χ4n) is 2.63. The molecular formula is C11H18BrN3O2S. The van der Waals surface area contributed by atoms with Gasteiger partial charge in [-0.25, -0.2) is 18.1 Å². The van der Waals surface area contributed by atoms with E-state index in [0.717, 1.165) is 19.3 Å². The third-order valence-corrected chi connectivity index (χ3v) is 6.04. The highest BCUT2D eigenvalue weighted by atomic mass is 79.9. The zero-order valence-corrected chi connectivity index (χ0v) is 12.7. The Hall–Kier alpha value is -0.400. The predicted molar refractivity (Wildman–Crippen MR) is 73.1 cm³/mol. The first-order valence-corrected chi connectivity index (χ1v) is 8.66. The van der Waals surface area contributed by atoms with E-state index in [2.05, 4.69) is 37.5 Å². The topological polar surface area (TPSA) is 74.8 Å². The number of aromatic amines is 1. The van der Waals surface area contributed by atoms with E-state index in [1.54, 1.807) is 0 Å².